The molecule has 0 aliphatic rings. The van der Waals surface area contributed by atoms with Crippen LogP contribution in [-0.2, 0) is 9.22 Å². The summed E-state index contributed by atoms with van der Waals surface area (Å²) < 4.78 is 6.41. The van der Waals surface area contributed by atoms with E-state index in [1.807, 2.05) is 37.3 Å². The van der Waals surface area contributed by atoms with Crippen molar-refractivity contribution in [1.82, 2.24) is 0 Å². The standard InChI is InChI=1S/C20H34O3Si2/c1-9-13-17(24(5,6)16-14-11-10-12-15-16)18(19(21)22)23-25(7,8)20(2,3)4/h9-15,17-18H,1-8H3,(H,21,22)/b13-9+/t17-,18-/m0/s1. The fraction of sp³-hybridized carbons (Fsp3) is 0.550. The fourth-order valence-electron chi connectivity index (χ4n) is 2.76. The fourth-order valence-corrected chi connectivity index (χ4v) is 7.21. The van der Waals surface area contributed by atoms with Crippen LogP contribution >= 0.6 is 0 Å². The Bertz CT molecular complexity index is 601. The summed E-state index contributed by atoms with van der Waals surface area (Å²) in [5, 5.41) is 11.2. The van der Waals surface area contributed by atoms with Crippen LogP contribution in [-0.4, -0.2) is 33.6 Å². The first-order chi connectivity index (χ1) is 11.3. The zero-order chi connectivity index (χ0) is 19.5. The molecule has 0 amide bonds. The summed E-state index contributed by atoms with van der Waals surface area (Å²) in [6, 6.07) is 10.3. The lowest BCUT2D eigenvalue weighted by Gasteiger charge is -2.42. The maximum atomic E-state index is 12.2. The predicted molar refractivity (Wildman–Crippen MR) is 112 cm³/mol. The van der Waals surface area contributed by atoms with Gasteiger partial charge in [0.15, 0.2) is 8.32 Å². The Morgan fingerprint density at radius 1 is 1.12 bits per heavy atom. The Labute approximate surface area is 155 Å². The third-order valence-electron chi connectivity index (χ3n) is 5.55. The third kappa shape index (κ3) is 5.15. The summed E-state index contributed by atoms with van der Waals surface area (Å²) in [7, 11) is -4.28. The number of hydrogen-bond donors (Lipinski definition) is 1. The van der Waals surface area contributed by atoms with Crippen LogP contribution in [0.15, 0.2) is 42.5 Å². The van der Waals surface area contributed by atoms with E-state index in [4.69, 9.17) is 4.43 Å². The first kappa shape index (κ1) is 21.9. The van der Waals surface area contributed by atoms with Gasteiger partial charge in [0.25, 0.3) is 0 Å². The molecule has 0 spiro atoms. The minimum absolute atomic E-state index is 0.0282. The van der Waals surface area contributed by atoms with Crippen molar-refractivity contribution in [2.45, 2.75) is 70.6 Å². The molecule has 0 fully saturated rings. The van der Waals surface area contributed by atoms with E-state index in [9.17, 15) is 9.90 Å². The van der Waals surface area contributed by atoms with Crippen molar-refractivity contribution >= 4 is 27.5 Å². The van der Waals surface area contributed by atoms with Crippen molar-refractivity contribution in [2.75, 3.05) is 0 Å². The summed E-state index contributed by atoms with van der Waals surface area (Å²) in [6.07, 6.45) is 3.21. The molecule has 140 valence electrons. The second kappa shape index (κ2) is 8.02. The molecule has 0 aromatic heterocycles. The first-order valence-electron chi connectivity index (χ1n) is 8.93. The lowest BCUT2D eigenvalue weighted by molar-refractivity contribution is -0.145. The van der Waals surface area contributed by atoms with E-state index < -0.39 is 28.5 Å². The molecule has 0 heterocycles. The average Bonchev–Trinajstić information content (AvgIpc) is 2.50. The summed E-state index contributed by atoms with van der Waals surface area (Å²) in [5.41, 5.74) is -0.119. The average molecular weight is 379 g/mol. The summed E-state index contributed by atoms with van der Waals surface area (Å²) in [5.74, 6) is -0.857. The zero-order valence-corrected chi connectivity index (χ0v) is 19.0. The molecule has 2 atom stereocenters. The molecule has 5 heteroatoms. The molecule has 0 aliphatic carbocycles. The van der Waals surface area contributed by atoms with Crippen molar-refractivity contribution in [3.63, 3.8) is 0 Å². The Kier molecular flexibility index (Phi) is 7.01. The van der Waals surface area contributed by atoms with Gasteiger partial charge in [-0.1, -0.05) is 81.5 Å². The summed E-state index contributed by atoms with van der Waals surface area (Å²) in [4.78, 5) is 12.2. The van der Waals surface area contributed by atoms with E-state index in [0.717, 1.165) is 0 Å². The monoisotopic (exact) mass is 378 g/mol. The van der Waals surface area contributed by atoms with Crippen LogP contribution < -0.4 is 5.19 Å². The number of rotatable bonds is 7. The summed E-state index contributed by atoms with van der Waals surface area (Å²) in [6.45, 7) is 17.1. The van der Waals surface area contributed by atoms with Gasteiger partial charge in [0.1, 0.15) is 6.10 Å². The van der Waals surface area contributed by atoms with Crippen molar-refractivity contribution in [3.05, 3.63) is 42.5 Å². The molecule has 0 saturated heterocycles. The third-order valence-corrected chi connectivity index (χ3v) is 14.0. The van der Waals surface area contributed by atoms with Gasteiger partial charge in [-0.2, -0.15) is 0 Å². The number of allylic oxidation sites excluding steroid dienone is 1. The Balaban J connectivity index is 3.35. The molecule has 1 aromatic rings. The van der Waals surface area contributed by atoms with Gasteiger partial charge in [0.2, 0.25) is 0 Å². The highest BCUT2D eigenvalue weighted by molar-refractivity contribution is 6.91. The smallest absolute Gasteiger partial charge is 0.331 e. The SMILES string of the molecule is C/C=C/[C@@H]([C@H](O[Si](C)(C)C(C)(C)C)C(=O)O)[Si](C)(C)c1ccccc1. The minimum Gasteiger partial charge on any atom is -0.479 e. The van der Waals surface area contributed by atoms with Gasteiger partial charge < -0.3 is 9.53 Å². The molecule has 0 aliphatic heterocycles. The lowest BCUT2D eigenvalue weighted by Crippen LogP contribution is -2.55. The van der Waals surface area contributed by atoms with E-state index in [1.165, 1.54) is 5.19 Å². The molecule has 25 heavy (non-hydrogen) atoms. The van der Waals surface area contributed by atoms with Gasteiger partial charge in [0, 0.05) is 5.54 Å². The lowest BCUT2D eigenvalue weighted by atomic mass is 10.2. The highest BCUT2D eigenvalue weighted by Gasteiger charge is 2.47. The molecule has 3 nitrogen and oxygen atoms in total. The maximum absolute atomic E-state index is 12.2. The molecule has 0 radical (unpaired) electrons. The van der Waals surface area contributed by atoms with Gasteiger partial charge in [-0.3, -0.25) is 0 Å². The van der Waals surface area contributed by atoms with Crippen LogP contribution in [0.5, 0.6) is 0 Å². The second-order valence-electron chi connectivity index (χ2n) is 8.78. The number of carboxylic acids is 1. The van der Waals surface area contributed by atoms with Crippen molar-refractivity contribution in [2.24, 2.45) is 0 Å². The number of carbonyl (C=O) groups is 1. The Morgan fingerprint density at radius 2 is 1.64 bits per heavy atom. The van der Waals surface area contributed by atoms with Crippen molar-refractivity contribution in [3.8, 4) is 0 Å². The van der Waals surface area contributed by atoms with Crippen LogP contribution in [0.2, 0.25) is 36.8 Å². The largest absolute Gasteiger partial charge is 0.479 e. The van der Waals surface area contributed by atoms with E-state index in [-0.39, 0.29) is 10.6 Å². The van der Waals surface area contributed by atoms with Crippen LogP contribution in [0.3, 0.4) is 0 Å². The van der Waals surface area contributed by atoms with Crippen LogP contribution in [0.25, 0.3) is 0 Å². The van der Waals surface area contributed by atoms with Crippen LogP contribution in [0.4, 0.5) is 0 Å². The second-order valence-corrected chi connectivity index (χ2v) is 18.2. The van der Waals surface area contributed by atoms with Crippen molar-refractivity contribution in [1.29, 1.82) is 0 Å². The topological polar surface area (TPSA) is 46.5 Å². The molecule has 1 aromatic carbocycles. The zero-order valence-electron chi connectivity index (χ0n) is 17.0. The molecule has 0 bridgehead atoms. The molecule has 1 rings (SSSR count). The number of benzene rings is 1. The number of hydrogen-bond acceptors (Lipinski definition) is 2. The van der Waals surface area contributed by atoms with E-state index in [2.05, 4.69) is 59.1 Å². The van der Waals surface area contributed by atoms with Gasteiger partial charge in [-0.15, -0.1) is 0 Å². The van der Waals surface area contributed by atoms with Gasteiger partial charge in [-0.25, -0.2) is 4.79 Å². The van der Waals surface area contributed by atoms with Crippen LogP contribution in [0.1, 0.15) is 27.7 Å². The quantitative estimate of drug-likeness (QED) is 0.535. The molecule has 1 N–H and O–H groups in total. The highest BCUT2D eigenvalue weighted by Crippen LogP contribution is 2.40. The first-order valence-corrected chi connectivity index (χ1v) is 14.9. The Morgan fingerprint density at radius 3 is 2.04 bits per heavy atom. The number of aliphatic carboxylic acids is 1. The minimum atomic E-state index is -2.19. The highest BCUT2D eigenvalue weighted by atomic mass is 28.4. The predicted octanol–water partition coefficient (Wildman–Crippen LogP) is 5.02. The van der Waals surface area contributed by atoms with E-state index in [0.29, 0.717) is 0 Å². The van der Waals surface area contributed by atoms with Gasteiger partial charge >= 0.3 is 5.97 Å². The number of carboxylic acid groups (broad SMARTS) is 1. The molecule has 0 saturated carbocycles. The molecule has 0 unspecified atom stereocenters. The molecular weight excluding hydrogens is 344 g/mol. The Hall–Kier alpha value is -1.18. The normalized spacial score (nSPS) is 16.0. The van der Waals surface area contributed by atoms with Crippen LogP contribution in [0, 0.1) is 0 Å². The van der Waals surface area contributed by atoms with Crippen molar-refractivity contribution < 1.29 is 14.3 Å². The van der Waals surface area contributed by atoms with Gasteiger partial charge in [0.05, 0.1) is 8.07 Å². The van der Waals surface area contributed by atoms with E-state index >= 15 is 0 Å². The summed E-state index contributed by atoms with van der Waals surface area (Å²) >= 11 is 0. The van der Waals surface area contributed by atoms with E-state index in [1.54, 1.807) is 0 Å². The van der Waals surface area contributed by atoms with Gasteiger partial charge in [-0.05, 0) is 25.1 Å². The molecular formula is C20H34O3Si2. The maximum Gasteiger partial charge on any atom is 0.331 e.